The molecule has 0 aliphatic heterocycles. The van der Waals surface area contributed by atoms with Gasteiger partial charge in [0.25, 0.3) is 0 Å². The fraction of sp³-hybridized carbons (Fsp3) is 1.00. The third-order valence-electron chi connectivity index (χ3n) is 7.84. The van der Waals surface area contributed by atoms with Gasteiger partial charge >= 0.3 is 144 Å². The minimum absolute atomic E-state index is 0.928. The SMILES string of the molecule is CCP(Cl)(C1CCCCC1)(C1CCCCC1)C1CCCCC1. The van der Waals surface area contributed by atoms with Crippen LogP contribution in [0.25, 0.3) is 0 Å². The zero-order valence-electron chi connectivity index (χ0n) is 14.9. The van der Waals surface area contributed by atoms with Crippen LogP contribution < -0.4 is 0 Å². The van der Waals surface area contributed by atoms with Crippen molar-refractivity contribution < 1.29 is 0 Å². The number of hydrogen-bond donors (Lipinski definition) is 0. The standard InChI is InChI=1S/C20H38ClP/c1-2-22(21,18-12-6-3-7-13-18,19-14-8-4-9-15-19)20-16-10-5-11-17-20/h18-20H,2-17H2,1H3. The van der Waals surface area contributed by atoms with Crippen LogP contribution in [0.5, 0.6) is 0 Å². The van der Waals surface area contributed by atoms with Crippen LogP contribution in [0, 0.1) is 0 Å². The van der Waals surface area contributed by atoms with Crippen molar-refractivity contribution in [1.29, 1.82) is 0 Å². The van der Waals surface area contributed by atoms with E-state index in [1.165, 1.54) is 102 Å². The molecule has 22 heavy (non-hydrogen) atoms. The van der Waals surface area contributed by atoms with Gasteiger partial charge in [-0.3, -0.25) is 0 Å². The molecule has 0 amide bonds. The van der Waals surface area contributed by atoms with Gasteiger partial charge in [0.2, 0.25) is 0 Å². The monoisotopic (exact) mass is 344 g/mol. The van der Waals surface area contributed by atoms with Gasteiger partial charge in [-0.2, -0.15) is 0 Å². The Bertz CT molecular complexity index is 300. The molecular formula is C20H38ClP. The fourth-order valence-electron chi connectivity index (χ4n) is 6.65. The summed E-state index contributed by atoms with van der Waals surface area (Å²) in [6, 6.07) is 0. The molecule has 3 aliphatic carbocycles. The Balaban J connectivity index is 1.96. The molecule has 0 radical (unpaired) electrons. The van der Waals surface area contributed by atoms with Crippen molar-refractivity contribution in [1.82, 2.24) is 0 Å². The molecule has 3 aliphatic rings. The van der Waals surface area contributed by atoms with Crippen molar-refractivity contribution in [2.24, 2.45) is 0 Å². The molecule has 0 aromatic rings. The second kappa shape index (κ2) is 7.31. The summed E-state index contributed by atoms with van der Waals surface area (Å²) in [4.78, 5) is 0. The Hall–Kier alpha value is 0.720. The van der Waals surface area contributed by atoms with Crippen LogP contribution in [-0.4, -0.2) is 23.1 Å². The van der Waals surface area contributed by atoms with Crippen LogP contribution in [0.4, 0.5) is 0 Å². The van der Waals surface area contributed by atoms with Crippen LogP contribution in [0.2, 0.25) is 0 Å². The molecular weight excluding hydrogens is 307 g/mol. The first-order chi connectivity index (χ1) is 10.7. The molecule has 3 fully saturated rings. The number of hydrogen-bond acceptors (Lipinski definition) is 0. The predicted molar refractivity (Wildman–Crippen MR) is 104 cm³/mol. The first-order valence-corrected chi connectivity index (χ1v) is 14.0. The second-order valence-corrected chi connectivity index (χ2v) is 16.7. The van der Waals surface area contributed by atoms with Gasteiger partial charge in [0.05, 0.1) is 0 Å². The summed E-state index contributed by atoms with van der Waals surface area (Å²) in [5.41, 5.74) is 2.79. The summed E-state index contributed by atoms with van der Waals surface area (Å²) in [7, 11) is 0. The molecule has 0 aromatic carbocycles. The van der Waals surface area contributed by atoms with Crippen molar-refractivity contribution in [2.75, 3.05) is 6.16 Å². The normalized spacial score (nSPS) is 29.1. The quantitative estimate of drug-likeness (QED) is 0.458. The van der Waals surface area contributed by atoms with Crippen molar-refractivity contribution in [3.05, 3.63) is 0 Å². The van der Waals surface area contributed by atoms with E-state index in [4.69, 9.17) is 11.2 Å². The van der Waals surface area contributed by atoms with Crippen LogP contribution in [-0.2, 0) is 0 Å². The van der Waals surface area contributed by atoms with E-state index in [9.17, 15) is 0 Å². The van der Waals surface area contributed by atoms with Crippen molar-refractivity contribution in [3.63, 3.8) is 0 Å². The Labute approximate surface area is 143 Å². The molecule has 0 aromatic heterocycles. The summed E-state index contributed by atoms with van der Waals surface area (Å²) in [6.07, 6.45) is 23.4. The van der Waals surface area contributed by atoms with Crippen LogP contribution in [0.1, 0.15) is 103 Å². The topological polar surface area (TPSA) is 0 Å². The third kappa shape index (κ3) is 2.90. The summed E-state index contributed by atoms with van der Waals surface area (Å²) in [5.74, 6) is -2.10. The molecule has 130 valence electrons. The number of rotatable bonds is 4. The van der Waals surface area contributed by atoms with Crippen LogP contribution >= 0.6 is 17.2 Å². The van der Waals surface area contributed by atoms with E-state index in [0.29, 0.717) is 0 Å². The Morgan fingerprint density at radius 1 is 0.591 bits per heavy atom. The van der Waals surface area contributed by atoms with Crippen molar-refractivity contribution >= 4 is 17.2 Å². The van der Waals surface area contributed by atoms with Crippen molar-refractivity contribution in [3.8, 4) is 0 Å². The van der Waals surface area contributed by atoms with Crippen LogP contribution in [0.3, 0.4) is 0 Å². The molecule has 0 unspecified atom stereocenters. The first kappa shape index (κ1) is 17.5. The maximum atomic E-state index is 8.15. The average Bonchev–Trinajstić information content (AvgIpc) is 2.63. The van der Waals surface area contributed by atoms with E-state index in [1.807, 2.05) is 0 Å². The van der Waals surface area contributed by atoms with Gasteiger partial charge in [0, 0.05) is 0 Å². The summed E-state index contributed by atoms with van der Waals surface area (Å²) in [6.45, 7) is 2.50. The van der Waals surface area contributed by atoms with Gasteiger partial charge < -0.3 is 0 Å². The van der Waals surface area contributed by atoms with E-state index >= 15 is 0 Å². The summed E-state index contributed by atoms with van der Waals surface area (Å²) >= 11 is 8.15. The predicted octanol–water partition coefficient (Wildman–Crippen LogP) is 7.71. The van der Waals surface area contributed by atoms with Crippen LogP contribution in [0.15, 0.2) is 0 Å². The molecule has 0 bridgehead atoms. The zero-order chi connectivity index (χ0) is 15.5. The Morgan fingerprint density at radius 3 is 1.09 bits per heavy atom. The molecule has 0 N–H and O–H groups in total. The third-order valence-corrected chi connectivity index (χ3v) is 18.8. The number of halogens is 1. The summed E-state index contributed by atoms with van der Waals surface area (Å²) < 4.78 is 0. The second-order valence-electron chi connectivity index (χ2n) is 8.60. The Morgan fingerprint density at radius 2 is 0.864 bits per heavy atom. The van der Waals surface area contributed by atoms with Gasteiger partial charge in [0.1, 0.15) is 0 Å². The molecule has 0 nitrogen and oxygen atoms in total. The van der Waals surface area contributed by atoms with E-state index in [1.54, 1.807) is 0 Å². The first-order valence-electron chi connectivity index (χ1n) is 10.4. The molecule has 3 saturated carbocycles. The van der Waals surface area contributed by atoms with Gasteiger partial charge in [-0.25, -0.2) is 0 Å². The Kier molecular flexibility index (Phi) is 5.83. The van der Waals surface area contributed by atoms with Gasteiger partial charge in [-0.15, -0.1) is 0 Å². The molecule has 2 heteroatoms. The molecule has 0 heterocycles. The molecule has 0 atom stereocenters. The van der Waals surface area contributed by atoms with Gasteiger partial charge in [-0.1, -0.05) is 0 Å². The molecule has 0 saturated heterocycles. The minimum atomic E-state index is -2.10. The fourth-order valence-corrected chi connectivity index (χ4v) is 16.3. The van der Waals surface area contributed by atoms with Gasteiger partial charge in [-0.05, 0) is 0 Å². The van der Waals surface area contributed by atoms with Gasteiger partial charge in [0.15, 0.2) is 0 Å². The average molecular weight is 345 g/mol. The van der Waals surface area contributed by atoms with E-state index < -0.39 is 5.96 Å². The van der Waals surface area contributed by atoms with E-state index in [-0.39, 0.29) is 0 Å². The molecule has 3 rings (SSSR count). The zero-order valence-corrected chi connectivity index (χ0v) is 16.5. The van der Waals surface area contributed by atoms with E-state index in [0.717, 1.165) is 17.0 Å². The molecule has 0 spiro atoms. The summed E-state index contributed by atoms with van der Waals surface area (Å²) in [5, 5.41) is 0. The van der Waals surface area contributed by atoms with Crippen molar-refractivity contribution in [2.45, 2.75) is 120 Å². The maximum absolute atomic E-state index is 8.15. The van der Waals surface area contributed by atoms with E-state index in [2.05, 4.69) is 6.92 Å².